The van der Waals surface area contributed by atoms with Crippen molar-refractivity contribution in [3.8, 4) is 0 Å². The Balaban J connectivity index is 2.66. The fourth-order valence-electron chi connectivity index (χ4n) is 0.889. The molecular weight excluding hydrogens is 151 g/mol. The smallest absolute Gasteiger partial charge is 0.123 e. The highest BCUT2D eigenvalue weighted by Crippen LogP contribution is 2.20. The molecule has 2 heteroatoms. The second kappa shape index (κ2) is 3.86. The Morgan fingerprint density at radius 2 is 1.73 bits per heavy atom. The lowest BCUT2D eigenvalue weighted by Gasteiger charge is -2.03. The molecule has 0 aliphatic rings. The van der Waals surface area contributed by atoms with Crippen LogP contribution in [0.3, 0.4) is 0 Å². The van der Waals surface area contributed by atoms with Gasteiger partial charge in [-0.1, -0.05) is 31.4 Å². The fourth-order valence-corrected chi connectivity index (χ4v) is 1.73. The van der Waals surface area contributed by atoms with Crippen molar-refractivity contribution >= 4 is 25.1 Å². The first-order valence-electron chi connectivity index (χ1n) is 3.92. The standard InChI is InChI=1S/C9H13BS/c1-7(2)11-9-5-3-8(10)4-6-9/h3-7H,10H2,1-2H3. The highest BCUT2D eigenvalue weighted by molar-refractivity contribution is 7.99. The quantitative estimate of drug-likeness (QED) is 0.470. The summed E-state index contributed by atoms with van der Waals surface area (Å²) < 4.78 is 0. The average molecular weight is 164 g/mol. The lowest BCUT2D eigenvalue weighted by molar-refractivity contribution is 1.11. The Morgan fingerprint density at radius 1 is 1.18 bits per heavy atom. The number of benzene rings is 1. The van der Waals surface area contributed by atoms with E-state index in [0.29, 0.717) is 5.25 Å². The highest BCUT2D eigenvalue weighted by Gasteiger charge is 1.95. The van der Waals surface area contributed by atoms with Crippen molar-refractivity contribution in [3.63, 3.8) is 0 Å². The highest BCUT2D eigenvalue weighted by atomic mass is 32.2. The lowest BCUT2D eigenvalue weighted by atomic mass is 9.97. The van der Waals surface area contributed by atoms with Crippen LogP contribution in [0.4, 0.5) is 0 Å². The second-order valence-corrected chi connectivity index (χ2v) is 4.63. The van der Waals surface area contributed by atoms with E-state index in [1.165, 1.54) is 10.4 Å². The van der Waals surface area contributed by atoms with Crippen LogP contribution in [0.1, 0.15) is 13.8 Å². The van der Waals surface area contributed by atoms with Crippen LogP contribution in [0.5, 0.6) is 0 Å². The van der Waals surface area contributed by atoms with E-state index >= 15 is 0 Å². The van der Waals surface area contributed by atoms with Crippen molar-refractivity contribution < 1.29 is 0 Å². The molecule has 1 aromatic rings. The molecule has 0 aliphatic heterocycles. The topological polar surface area (TPSA) is 0 Å². The summed E-state index contributed by atoms with van der Waals surface area (Å²) >= 11 is 1.91. The first-order valence-corrected chi connectivity index (χ1v) is 4.80. The maximum Gasteiger partial charge on any atom is 0.139 e. The van der Waals surface area contributed by atoms with Gasteiger partial charge in [-0.05, 0) is 12.1 Å². The summed E-state index contributed by atoms with van der Waals surface area (Å²) in [6.45, 7) is 4.43. The molecule has 0 saturated heterocycles. The van der Waals surface area contributed by atoms with E-state index in [1.54, 1.807) is 0 Å². The molecule has 11 heavy (non-hydrogen) atoms. The molecule has 0 bridgehead atoms. The summed E-state index contributed by atoms with van der Waals surface area (Å²) in [6.07, 6.45) is 0. The third-order valence-electron chi connectivity index (χ3n) is 1.39. The zero-order chi connectivity index (χ0) is 8.27. The molecule has 0 unspecified atom stereocenters. The molecular formula is C9H13BS. The van der Waals surface area contributed by atoms with E-state index in [1.807, 2.05) is 11.8 Å². The van der Waals surface area contributed by atoms with Crippen LogP contribution >= 0.6 is 11.8 Å². The Bertz CT molecular complexity index is 216. The van der Waals surface area contributed by atoms with E-state index in [-0.39, 0.29) is 0 Å². The second-order valence-electron chi connectivity index (χ2n) is 2.98. The van der Waals surface area contributed by atoms with Crippen molar-refractivity contribution in [1.29, 1.82) is 0 Å². The molecule has 0 amide bonds. The van der Waals surface area contributed by atoms with Gasteiger partial charge in [0.1, 0.15) is 7.85 Å². The number of rotatable bonds is 2. The van der Waals surface area contributed by atoms with Crippen LogP contribution in [0, 0.1) is 0 Å². The molecule has 0 aromatic heterocycles. The normalized spacial score (nSPS) is 10.5. The third kappa shape index (κ3) is 3.02. The van der Waals surface area contributed by atoms with E-state index in [9.17, 15) is 0 Å². The number of thioether (sulfide) groups is 1. The average Bonchev–Trinajstić information content (AvgIpc) is 1.93. The molecule has 0 heterocycles. The summed E-state index contributed by atoms with van der Waals surface area (Å²) in [5.74, 6) is 0. The van der Waals surface area contributed by atoms with Gasteiger partial charge in [-0.15, -0.1) is 11.8 Å². The summed E-state index contributed by atoms with van der Waals surface area (Å²) in [5.41, 5.74) is 1.33. The van der Waals surface area contributed by atoms with Crippen LogP contribution < -0.4 is 5.46 Å². The first-order chi connectivity index (χ1) is 5.18. The van der Waals surface area contributed by atoms with Crippen molar-refractivity contribution in [2.75, 3.05) is 0 Å². The summed E-state index contributed by atoms with van der Waals surface area (Å²) in [6, 6.07) is 8.68. The van der Waals surface area contributed by atoms with E-state index in [0.717, 1.165) is 0 Å². The minimum atomic E-state index is 0.678. The lowest BCUT2D eigenvalue weighted by Crippen LogP contribution is -1.99. The van der Waals surface area contributed by atoms with Gasteiger partial charge in [0.2, 0.25) is 0 Å². The van der Waals surface area contributed by atoms with Crippen LogP contribution in [-0.4, -0.2) is 13.1 Å². The maximum atomic E-state index is 2.21. The molecule has 1 aromatic carbocycles. The van der Waals surface area contributed by atoms with Crippen LogP contribution in [0.2, 0.25) is 0 Å². The van der Waals surface area contributed by atoms with Crippen LogP contribution in [0.25, 0.3) is 0 Å². The molecule has 0 saturated carbocycles. The van der Waals surface area contributed by atoms with E-state index < -0.39 is 0 Å². The molecule has 0 aliphatic carbocycles. The summed E-state index contributed by atoms with van der Waals surface area (Å²) in [4.78, 5) is 1.37. The predicted molar refractivity (Wildman–Crippen MR) is 55.6 cm³/mol. The molecule has 0 N–H and O–H groups in total. The van der Waals surface area contributed by atoms with Crippen molar-refractivity contribution in [1.82, 2.24) is 0 Å². The van der Waals surface area contributed by atoms with Gasteiger partial charge in [0.05, 0.1) is 0 Å². The fraction of sp³-hybridized carbons (Fsp3) is 0.333. The molecule has 0 fully saturated rings. The van der Waals surface area contributed by atoms with Crippen LogP contribution in [-0.2, 0) is 0 Å². The van der Waals surface area contributed by atoms with Crippen molar-refractivity contribution in [2.45, 2.75) is 24.0 Å². The zero-order valence-corrected chi connectivity index (χ0v) is 8.11. The third-order valence-corrected chi connectivity index (χ3v) is 2.41. The van der Waals surface area contributed by atoms with Gasteiger partial charge < -0.3 is 0 Å². The molecule has 0 spiro atoms. The molecule has 0 nitrogen and oxygen atoms in total. The van der Waals surface area contributed by atoms with Gasteiger partial charge in [0.15, 0.2) is 0 Å². The Hall–Kier alpha value is -0.365. The van der Waals surface area contributed by atoms with E-state index in [2.05, 4.69) is 46.0 Å². The monoisotopic (exact) mass is 164 g/mol. The zero-order valence-electron chi connectivity index (χ0n) is 7.29. The summed E-state index contributed by atoms with van der Waals surface area (Å²) in [5, 5.41) is 0.678. The maximum absolute atomic E-state index is 2.21. The van der Waals surface area contributed by atoms with Gasteiger partial charge >= 0.3 is 0 Å². The largest absolute Gasteiger partial charge is 0.139 e. The van der Waals surface area contributed by atoms with E-state index in [4.69, 9.17) is 0 Å². The van der Waals surface area contributed by atoms with Gasteiger partial charge in [0.25, 0.3) is 0 Å². The van der Waals surface area contributed by atoms with Gasteiger partial charge in [-0.25, -0.2) is 0 Å². The van der Waals surface area contributed by atoms with Crippen molar-refractivity contribution in [3.05, 3.63) is 24.3 Å². The Labute approximate surface area is 73.8 Å². The minimum absolute atomic E-state index is 0.678. The van der Waals surface area contributed by atoms with Gasteiger partial charge in [-0.3, -0.25) is 0 Å². The van der Waals surface area contributed by atoms with Crippen molar-refractivity contribution in [2.24, 2.45) is 0 Å². The minimum Gasteiger partial charge on any atom is -0.123 e. The molecule has 0 atom stereocenters. The van der Waals surface area contributed by atoms with Gasteiger partial charge in [-0.2, -0.15) is 0 Å². The Morgan fingerprint density at radius 3 is 2.18 bits per heavy atom. The summed E-state index contributed by atoms with van der Waals surface area (Å²) in [7, 11) is 2.11. The molecule has 1 rings (SSSR count). The number of hydrogen-bond donors (Lipinski definition) is 0. The Kier molecular flexibility index (Phi) is 3.07. The SMILES string of the molecule is Bc1ccc(SC(C)C)cc1. The van der Waals surface area contributed by atoms with Crippen LogP contribution in [0.15, 0.2) is 29.2 Å². The molecule has 58 valence electrons. The van der Waals surface area contributed by atoms with Gasteiger partial charge in [0, 0.05) is 10.1 Å². The molecule has 0 radical (unpaired) electrons. The first kappa shape index (κ1) is 8.73. The predicted octanol–water partition coefficient (Wildman–Crippen LogP) is 1.45. The number of hydrogen-bond acceptors (Lipinski definition) is 1.